The van der Waals surface area contributed by atoms with Crippen molar-refractivity contribution >= 4 is 17.3 Å². The fraction of sp³-hybridized carbons (Fsp3) is 0.381. The Hall–Kier alpha value is -2.53. The van der Waals surface area contributed by atoms with Crippen LogP contribution in [-0.2, 0) is 0 Å². The summed E-state index contributed by atoms with van der Waals surface area (Å²) in [4.78, 5) is 19.1. The van der Waals surface area contributed by atoms with Crippen LogP contribution in [0.15, 0.2) is 54.6 Å². The van der Waals surface area contributed by atoms with Gasteiger partial charge in [0.2, 0.25) is 0 Å². The maximum Gasteiger partial charge on any atom is 0.251 e. The summed E-state index contributed by atoms with van der Waals surface area (Å²) in [5.41, 5.74) is 3.10. The van der Waals surface area contributed by atoms with E-state index in [0.29, 0.717) is 12.1 Å². The summed E-state index contributed by atoms with van der Waals surface area (Å²) in [5.74, 6) is -0.00164. The molecule has 3 rings (SSSR count). The zero-order valence-electron chi connectivity index (χ0n) is 15.7. The Morgan fingerprint density at radius 2 is 1.62 bits per heavy atom. The molecule has 0 saturated carbocycles. The Morgan fingerprint density at radius 3 is 2.23 bits per heavy atom. The maximum absolute atomic E-state index is 12.3. The zero-order chi connectivity index (χ0) is 18.4. The summed E-state index contributed by atoms with van der Waals surface area (Å²) in [6, 6.07) is 18.2. The van der Waals surface area contributed by atoms with Crippen molar-refractivity contribution in [1.82, 2.24) is 10.2 Å². The van der Waals surface area contributed by atoms with Gasteiger partial charge in [-0.05, 0) is 36.4 Å². The molecule has 5 nitrogen and oxygen atoms in total. The fourth-order valence-corrected chi connectivity index (χ4v) is 3.21. The number of benzene rings is 2. The number of nitrogens with zero attached hydrogens (tertiary/aromatic N) is 3. The highest BCUT2D eigenvalue weighted by Crippen LogP contribution is 2.15. The molecule has 1 saturated heterocycles. The Bertz CT molecular complexity index is 692. The predicted molar refractivity (Wildman–Crippen MR) is 108 cm³/mol. The lowest BCUT2D eigenvalue weighted by atomic mass is 10.2. The molecule has 0 bridgehead atoms. The minimum Gasteiger partial charge on any atom is -0.378 e. The average Bonchev–Trinajstić information content (AvgIpc) is 2.69. The quantitative estimate of drug-likeness (QED) is 0.866. The van der Waals surface area contributed by atoms with Crippen LogP contribution in [0.5, 0.6) is 0 Å². The first-order valence-electron chi connectivity index (χ1n) is 9.21. The average molecular weight is 352 g/mol. The number of rotatable bonds is 6. The van der Waals surface area contributed by atoms with Gasteiger partial charge in [0.05, 0.1) is 0 Å². The topological polar surface area (TPSA) is 38.8 Å². The maximum atomic E-state index is 12.3. The lowest BCUT2D eigenvalue weighted by Gasteiger charge is -2.36. The summed E-state index contributed by atoms with van der Waals surface area (Å²) in [5, 5.41) is 3.03. The Kier molecular flexibility index (Phi) is 6.12. The highest BCUT2D eigenvalue weighted by Gasteiger charge is 2.16. The van der Waals surface area contributed by atoms with E-state index in [2.05, 4.69) is 45.4 Å². The third-order valence-corrected chi connectivity index (χ3v) is 4.85. The molecular weight excluding hydrogens is 324 g/mol. The Morgan fingerprint density at radius 1 is 0.962 bits per heavy atom. The molecule has 2 aromatic rings. The number of anilines is 2. The second kappa shape index (κ2) is 8.72. The number of para-hydroxylation sites is 1. The molecule has 1 aliphatic heterocycles. The van der Waals surface area contributed by atoms with E-state index in [1.54, 1.807) is 0 Å². The van der Waals surface area contributed by atoms with E-state index in [1.807, 2.05) is 43.3 Å². The number of piperazine rings is 1. The van der Waals surface area contributed by atoms with E-state index < -0.39 is 0 Å². The molecule has 0 unspecified atom stereocenters. The van der Waals surface area contributed by atoms with Crippen LogP contribution in [0.4, 0.5) is 11.4 Å². The van der Waals surface area contributed by atoms with Crippen LogP contribution in [0.3, 0.4) is 0 Å². The highest BCUT2D eigenvalue weighted by molar-refractivity contribution is 5.94. The molecule has 0 aliphatic carbocycles. The molecular formula is C21H28N4O. The lowest BCUT2D eigenvalue weighted by molar-refractivity contribution is 0.0948. The molecule has 0 atom stereocenters. The van der Waals surface area contributed by atoms with E-state index in [9.17, 15) is 4.79 Å². The molecule has 1 aliphatic rings. The Balaban J connectivity index is 1.39. The normalized spacial score (nSPS) is 14.9. The van der Waals surface area contributed by atoms with Gasteiger partial charge in [0.15, 0.2) is 0 Å². The van der Waals surface area contributed by atoms with Crippen LogP contribution >= 0.6 is 0 Å². The zero-order valence-corrected chi connectivity index (χ0v) is 15.7. The minimum absolute atomic E-state index is 0.00164. The van der Waals surface area contributed by atoms with Crippen molar-refractivity contribution in [2.75, 3.05) is 63.2 Å². The van der Waals surface area contributed by atoms with Gasteiger partial charge in [-0.2, -0.15) is 0 Å². The van der Waals surface area contributed by atoms with Gasteiger partial charge in [-0.25, -0.2) is 0 Å². The molecule has 26 heavy (non-hydrogen) atoms. The largest absolute Gasteiger partial charge is 0.378 e. The summed E-state index contributed by atoms with van der Waals surface area (Å²) < 4.78 is 0. The number of carbonyl (C=O) groups excluding carboxylic acids is 1. The van der Waals surface area contributed by atoms with Crippen LogP contribution in [0.25, 0.3) is 0 Å². The standard InChI is InChI=1S/C21H28N4O/c1-23(2)19-10-8-18(9-11-19)21(26)22-12-13-24-14-16-25(17-15-24)20-6-4-3-5-7-20/h3-11H,12-17H2,1-2H3,(H,22,26). The molecule has 1 N–H and O–H groups in total. The van der Waals surface area contributed by atoms with E-state index in [1.165, 1.54) is 5.69 Å². The molecule has 0 spiro atoms. The smallest absolute Gasteiger partial charge is 0.251 e. The first kappa shape index (κ1) is 18.3. The fourth-order valence-electron chi connectivity index (χ4n) is 3.21. The molecule has 1 amide bonds. The third-order valence-electron chi connectivity index (χ3n) is 4.85. The lowest BCUT2D eigenvalue weighted by Crippen LogP contribution is -2.48. The number of amides is 1. The van der Waals surface area contributed by atoms with E-state index in [4.69, 9.17) is 0 Å². The molecule has 2 aromatic carbocycles. The van der Waals surface area contributed by atoms with Crippen LogP contribution in [0, 0.1) is 0 Å². The second-order valence-electron chi connectivity index (χ2n) is 6.86. The molecule has 1 heterocycles. The molecule has 138 valence electrons. The van der Waals surface area contributed by atoms with Crippen LogP contribution in [0.1, 0.15) is 10.4 Å². The molecule has 5 heteroatoms. The van der Waals surface area contributed by atoms with Gasteiger partial charge < -0.3 is 15.1 Å². The van der Waals surface area contributed by atoms with Gasteiger partial charge in [-0.3, -0.25) is 9.69 Å². The summed E-state index contributed by atoms with van der Waals surface area (Å²) in [6.45, 7) is 5.70. The molecule has 1 fully saturated rings. The van der Waals surface area contributed by atoms with Crippen molar-refractivity contribution < 1.29 is 4.79 Å². The summed E-state index contributed by atoms with van der Waals surface area (Å²) in [6.07, 6.45) is 0. The van der Waals surface area contributed by atoms with Crippen molar-refractivity contribution in [2.45, 2.75) is 0 Å². The van der Waals surface area contributed by atoms with Gasteiger partial charge in [-0.15, -0.1) is 0 Å². The molecule has 0 aromatic heterocycles. The number of carbonyl (C=O) groups is 1. The predicted octanol–water partition coefficient (Wildman–Crippen LogP) is 2.30. The number of hydrogen-bond donors (Lipinski definition) is 1. The third kappa shape index (κ3) is 4.76. The van der Waals surface area contributed by atoms with Gasteiger partial charge in [-0.1, -0.05) is 18.2 Å². The summed E-state index contributed by atoms with van der Waals surface area (Å²) >= 11 is 0. The van der Waals surface area contributed by atoms with Crippen molar-refractivity contribution in [3.63, 3.8) is 0 Å². The van der Waals surface area contributed by atoms with Gasteiger partial charge >= 0.3 is 0 Å². The number of nitrogens with one attached hydrogen (secondary N) is 1. The van der Waals surface area contributed by atoms with Gasteiger partial charge in [0.1, 0.15) is 0 Å². The van der Waals surface area contributed by atoms with Crippen LogP contribution in [-0.4, -0.2) is 64.2 Å². The first-order valence-corrected chi connectivity index (χ1v) is 9.21. The Labute approximate surface area is 156 Å². The van der Waals surface area contributed by atoms with Crippen molar-refractivity contribution in [1.29, 1.82) is 0 Å². The van der Waals surface area contributed by atoms with E-state index in [0.717, 1.165) is 38.4 Å². The van der Waals surface area contributed by atoms with Crippen LogP contribution < -0.4 is 15.1 Å². The minimum atomic E-state index is -0.00164. The van der Waals surface area contributed by atoms with E-state index >= 15 is 0 Å². The van der Waals surface area contributed by atoms with Crippen molar-refractivity contribution in [2.24, 2.45) is 0 Å². The van der Waals surface area contributed by atoms with Gasteiger partial charge in [0, 0.05) is 70.3 Å². The van der Waals surface area contributed by atoms with Crippen molar-refractivity contribution in [3.8, 4) is 0 Å². The SMILES string of the molecule is CN(C)c1ccc(C(=O)NCCN2CCN(c3ccccc3)CC2)cc1. The van der Waals surface area contributed by atoms with Gasteiger partial charge in [0.25, 0.3) is 5.91 Å². The van der Waals surface area contributed by atoms with Crippen LogP contribution in [0.2, 0.25) is 0 Å². The molecule has 0 radical (unpaired) electrons. The second-order valence-corrected chi connectivity index (χ2v) is 6.86. The summed E-state index contributed by atoms with van der Waals surface area (Å²) in [7, 11) is 3.99. The number of hydrogen-bond acceptors (Lipinski definition) is 4. The van der Waals surface area contributed by atoms with Crippen molar-refractivity contribution in [3.05, 3.63) is 60.2 Å². The first-order chi connectivity index (χ1) is 12.6. The van der Waals surface area contributed by atoms with E-state index in [-0.39, 0.29) is 5.91 Å². The monoisotopic (exact) mass is 352 g/mol. The highest BCUT2D eigenvalue weighted by atomic mass is 16.1.